The standard InChI is InChI=1S/C13H17N/c1-5-7-12-9-14-11(4)10(3)13(12)8-6-2/h5-6,9H,1-2,7-8H2,3-4H3. The Labute approximate surface area is 86.2 Å². The summed E-state index contributed by atoms with van der Waals surface area (Å²) in [6, 6.07) is 0. The van der Waals surface area contributed by atoms with Crippen molar-refractivity contribution in [1.29, 1.82) is 0 Å². The van der Waals surface area contributed by atoms with Crippen molar-refractivity contribution in [2.45, 2.75) is 26.7 Å². The quantitative estimate of drug-likeness (QED) is 0.660. The van der Waals surface area contributed by atoms with Crippen LogP contribution in [0.5, 0.6) is 0 Å². The molecule has 0 aromatic carbocycles. The van der Waals surface area contributed by atoms with E-state index in [1.165, 1.54) is 16.7 Å². The lowest BCUT2D eigenvalue weighted by Crippen LogP contribution is -2.00. The molecule has 1 nitrogen and oxygen atoms in total. The molecule has 0 aliphatic carbocycles. The summed E-state index contributed by atoms with van der Waals surface area (Å²) in [5, 5.41) is 0. The maximum Gasteiger partial charge on any atom is 0.0404 e. The van der Waals surface area contributed by atoms with Gasteiger partial charge in [0, 0.05) is 11.9 Å². The highest BCUT2D eigenvalue weighted by Crippen LogP contribution is 2.17. The van der Waals surface area contributed by atoms with Crippen LogP contribution in [0, 0.1) is 13.8 Å². The lowest BCUT2D eigenvalue weighted by atomic mass is 9.98. The molecule has 1 aromatic heterocycles. The molecule has 0 N–H and O–H groups in total. The number of hydrogen-bond acceptors (Lipinski definition) is 1. The first kappa shape index (κ1) is 10.7. The summed E-state index contributed by atoms with van der Waals surface area (Å²) in [5.74, 6) is 0. The van der Waals surface area contributed by atoms with Crippen LogP contribution in [0.1, 0.15) is 22.4 Å². The minimum Gasteiger partial charge on any atom is -0.261 e. The van der Waals surface area contributed by atoms with Crippen molar-refractivity contribution in [3.8, 4) is 0 Å². The number of rotatable bonds is 4. The molecule has 0 saturated carbocycles. The van der Waals surface area contributed by atoms with Crippen LogP contribution in [0.3, 0.4) is 0 Å². The van der Waals surface area contributed by atoms with E-state index in [-0.39, 0.29) is 0 Å². The first-order valence-electron chi connectivity index (χ1n) is 4.86. The van der Waals surface area contributed by atoms with Crippen molar-refractivity contribution < 1.29 is 0 Å². The maximum absolute atomic E-state index is 4.36. The molecule has 0 unspecified atom stereocenters. The van der Waals surface area contributed by atoms with Crippen LogP contribution < -0.4 is 0 Å². The molecule has 74 valence electrons. The van der Waals surface area contributed by atoms with Gasteiger partial charge in [-0.3, -0.25) is 4.98 Å². The molecule has 0 bridgehead atoms. The Morgan fingerprint density at radius 2 is 1.86 bits per heavy atom. The Morgan fingerprint density at radius 3 is 2.43 bits per heavy atom. The van der Waals surface area contributed by atoms with Crippen LogP contribution in [0.25, 0.3) is 0 Å². The van der Waals surface area contributed by atoms with Crippen molar-refractivity contribution in [2.75, 3.05) is 0 Å². The molecule has 1 aromatic rings. The first-order valence-corrected chi connectivity index (χ1v) is 4.86. The largest absolute Gasteiger partial charge is 0.261 e. The molecule has 0 spiro atoms. The topological polar surface area (TPSA) is 12.9 Å². The van der Waals surface area contributed by atoms with E-state index in [4.69, 9.17) is 0 Å². The van der Waals surface area contributed by atoms with Crippen LogP contribution in [0.15, 0.2) is 31.5 Å². The highest BCUT2D eigenvalue weighted by atomic mass is 14.7. The van der Waals surface area contributed by atoms with E-state index in [0.717, 1.165) is 18.5 Å². The molecule has 14 heavy (non-hydrogen) atoms. The van der Waals surface area contributed by atoms with Gasteiger partial charge in [-0.2, -0.15) is 0 Å². The monoisotopic (exact) mass is 187 g/mol. The summed E-state index contributed by atoms with van der Waals surface area (Å²) in [4.78, 5) is 4.36. The lowest BCUT2D eigenvalue weighted by molar-refractivity contribution is 1.03. The SMILES string of the molecule is C=CCc1cnc(C)c(C)c1CC=C. The van der Waals surface area contributed by atoms with E-state index in [0.29, 0.717) is 0 Å². The zero-order valence-corrected chi connectivity index (χ0v) is 9.01. The molecule has 1 heteroatoms. The van der Waals surface area contributed by atoms with Gasteiger partial charge in [0.1, 0.15) is 0 Å². The zero-order chi connectivity index (χ0) is 10.6. The third-order valence-corrected chi connectivity index (χ3v) is 2.51. The molecule has 0 fully saturated rings. The summed E-state index contributed by atoms with van der Waals surface area (Å²) in [5.41, 5.74) is 5.01. The average Bonchev–Trinajstić information content (AvgIpc) is 2.18. The predicted molar refractivity (Wildman–Crippen MR) is 61.5 cm³/mol. The second-order valence-electron chi connectivity index (χ2n) is 3.46. The van der Waals surface area contributed by atoms with E-state index < -0.39 is 0 Å². The number of allylic oxidation sites excluding steroid dienone is 2. The van der Waals surface area contributed by atoms with Crippen LogP contribution in [-0.4, -0.2) is 4.98 Å². The molecule has 0 aliphatic rings. The Kier molecular flexibility index (Phi) is 3.63. The van der Waals surface area contributed by atoms with Gasteiger partial charge >= 0.3 is 0 Å². The summed E-state index contributed by atoms with van der Waals surface area (Å²) in [7, 11) is 0. The van der Waals surface area contributed by atoms with E-state index >= 15 is 0 Å². The molecule has 1 rings (SSSR count). The van der Waals surface area contributed by atoms with Gasteiger partial charge in [0.05, 0.1) is 0 Å². The van der Waals surface area contributed by atoms with E-state index in [1.807, 2.05) is 25.3 Å². The second-order valence-corrected chi connectivity index (χ2v) is 3.46. The predicted octanol–water partition coefficient (Wildman–Crippen LogP) is 3.16. The van der Waals surface area contributed by atoms with Gasteiger partial charge in [-0.25, -0.2) is 0 Å². The Bertz CT molecular complexity index is 350. The van der Waals surface area contributed by atoms with Crippen LogP contribution in [0.4, 0.5) is 0 Å². The van der Waals surface area contributed by atoms with E-state index in [9.17, 15) is 0 Å². The van der Waals surface area contributed by atoms with Crippen LogP contribution in [-0.2, 0) is 12.8 Å². The van der Waals surface area contributed by atoms with E-state index in [1.54, 1.807) is 0 Å². The molecule has 0 amide bonds. The van der Waals surface area contributed by atoms with Gasteiger partial charge in [0.2, 0.25) is 0 Å². The molecule has 0 atom stereocenters. The minimum atomic E-state index is 0.886. The second kappa shape index (κ2) is 4.75. The molecule has 1 heterocycles. The highest BCUT2D eigenvalue weighted by Gasteiger charge is 2.06. The highest BCUT2D eigenvalue weighted by molar-refractivity contribution is 5.37. The van der Waals surface area contributed by atoms with Gasteiger partial charge in [0.15, 0.2) is 0 Å². The fourth-order valence-electron chi connectivity index (χ4n) is 1.57. The number of hydrogen-bond donors (Lipinski definition) is 0. The number of pyridine rings is 1. The van der Waals surface area contributed by atoms with E-state index in [2.05, 4.69) is 25.1 Å². The van der Waals surface area contributed by atoms with Gasteiger partial charge < -0.3 is 0 Å². The Balaban J connectivity index is 3.21. The van der Waals surface area contributed by atoms with Crippen molar-refractivity contribution in [3.63, 3.8) is 0 Å². The smallest absolute Gasteiger partial charge is 0.0404 e. The maximum atomic E-state index is 4.36. The Hall–Kier alpha value is -1.37. The van der Waals surface area contributed by atoms with Gasteiger partial charge in [-0.1, -0.05) is 12.2 Å². The number of nitrogens with zero attached hydrogens (tertiary/aromatic N) is 1. The molecule has 0 saturated heterocycles. The fourth-order valence-corrected chi connectivity index (χ4v) is 1.57. The summed E-state index contributed by atoms with van der Waals surface area (Å²) in [6.07, 6.45) is 7.60. The van der Waals surface area contributed by atoms with Crippen molar-refractivity contribution in [3.05, 3.63) is 53.9 Å². The summed E-state index contributed by atoms with van der Waals surface area (Å²) >= 11 is 0. The normalized spacial score (nSPS) is 9.86. The van der Waals surface area contributed by atoms with Crippen LogP contribution >= 0.6 is 0 Å². The van der Waals surface area contributed by atoms with Crippen molar-refractivity contribution in [2.24, 2.45) is 0 Å². The number of aryl methyl sites for hydroxylation is 1. The third-order valence-electron chi connectivity index (χ3n) is 2.51. The molecule has 0 radical (unpaired) electrons. The van der Waals surface area contributed by atoms with Gasteiger partial charge in [-0.15, -0.1) is 13.2 Å². The first-order chi connectivity index (χ1) is 6.70. The molecular weight excluding hydrogens is 170 g/mol. The van der Waals surface area contributed by atoms with Gasteiger partial charge in [-0.05, 0) is 43.4 Å². The Morgan fingerprint density at radius 1 is 1.21 bits per heavy atom. The summed E-state index contributed by atoms with van der Waals surface area (Å²) in [6.45, 7) is 11.7. The van der Waals surface area contributed by atoms with Crippen molar-refractivity contribution >= 4 is 0 Å². The van der Waals surface area contributed by atoms with Crippen molar-refractivity contribution in [1.82, 2.24) is 4.98 Å². The summed E-state index contributed by atoms with van der Waals surface area (Å²) < 4.78 is 0. The molecule has 0 aliphatic heterocycles. The van der Waals surface area contributed by atoms with Gasteiger partial charge in [0.25, 0.3) is 0 Å². The number of aromatic nitrogens is 1. The van der Waals surface area contributed by atoms with Crippen LogP contribution in [0.2, 0.25) is 0 Å². The zero-order valence-electron chi connectivity index (χ0n) is 9.01. The average molecular weight is 187 g/mol. The molecular formula is C13H17N. The fraction of sp³-hybridized carbons (Fsp3) is 0.308. The lowest BCUT2D eigenvalue weighted by Gasteiger charge is -2.11. The third kappa shape index (κ3) is 2.11. The minimum absolute atomic E-state index is 0.886.